The van der Waals surface area contributed by atoms with Gasteiger partial charge in [-0.05, 0) is 24.3 Å². The number of anilines is 2. The molecule has 0 aliphatic rings. The van der Waals surface area contributed by atoms with Gasteiger partial charge in [-0.1, -0.05) is 12.1 Å². The fraction of sp³-hybridized carbons (Fsp3) is 0.0769. The first kappa shape index (κ1) is 13.8. The zero-order valence-corrected chi connectivity index (χ0v) is 9.87. The molecule has 2 aromatic rings. The highest BCUT2D eigenvalue weighted by atomic mass is 19.4. The van der Waals surface area contributed by atoms with Crippen molar-refractivity contribution in [1.29, 1.82) is 5.26 Å². The molecule has 0 spiro atoms. The molecule has 0 aliphatic heterocycles. The first-order valence-electron chi connectivity index (χ1n) is 5.41. The van der Waals surface area contributed by atoms with Crippen LogP contribution in [0.4, 0.5) is 29.1 Å². The molecule has 0 saturated carbocycles. The summed E-state index contributed by atoms with van der Waals surface area (Å²) in [6.07, 6.45) is -4.64. The van der Waals surface area contributed by atoms with Crippen LogP contribution in [0, 0.1) is 17.1 Å². The Kier molecular flexibility index (Phi) is 3.57. The molecule has 1 aromatic carbocycles. The maximum atomic E-state index is 13.5. The predicted molar refractivity (Wildman–Crippen MR) is 63.6 cm³/mol. The molecule has 20 heavy (non-hydrogen) atoms. The number of benzene rings is 1. The summed E-state index contributed by atoms with van der Waals surface area (Å²) >= 11 is 0. The Morgan fingerprint density at radius 3 is 2.40 bits per heavy atom. The SMILES string of the molecule is N#Cc1ccc(C(F)(F)F)nc1Nc1ccccc1F. The molecule has 102 valence electrons. The normalized spacial score (nSPS) is 10.9. The van der Waals surface area contributed by atoms with Crippen LogP contribution in [0.25, 0.3) is 0 Å². The zero-order chi connectivity index (χ0) is 14.8. The number of para-hydroxylation sites is 1. The Balaban J connectivity index is 2.45. The third kappa shape index (κ3) is 2.85. The van der Waals surface area contributed by atoms with E-state index in [2.05, 4.69) is 10.3 Å². The second-order valence-electron chi connectivity index (χ2n) is 3.81. The lowest BCUT2D eigenvalue weighted by molar-refractivity contribution is -0.141. The quantitative estimate of drug-likeness (QED) is 0.850. The lowest BCUT2D eigenvalue weighted by Crippen LogP contribution is -2.10. The number of nitriles is 1. The Morgan fingerprint density at radius 1 is 1.10 bits per heavy atom. The van der Waals surface area contributed by atoms with Crippen molar-refractivity contribution in [2.24, 2.45) is 0 Å². The van der Waals surface area contributed by atoms with E-state index in [-0.39, 0.29) is 17.1 Å². The predicted octanol–water partition coefficient (Wildman–Crippen LogP) is 3.85. The highest BCUT2D eigenvalue weighted by Crippen LogP contribution is 2.30. The number of rotatable bonds is 2. The van der Waals surface area contributed by atoms with Crippen molar-refractivity contribution in [3.8, 4) is 6.07 Å². The number of hydrogen-bond acceptors (Lipinski definition) is 3. The van der Waals surface area contributed by atoms with Crippen molar-refractivity contribution in [1.82, 2.24) is 4.98 Å². The summed E-state index contributed by atoms with van der Waals surface area (Å²) < 4.78 is 51.2. The molecule has 0 radical (unpaired) electrons. The second kappa shape index (κ2) is 5.17. The third-order valence-electron chi connectivity index (χ3n) is 2.43. The molecule has 0 bridgehead atoms. The van der Waals surface area contributed by atoms with Crippen LogP contribution in [0.2, 0.25) is 0 Å². The minimum absolute atomic E-state index is 0.0594. The van der Waals surface area contributed by atoms with Gasteiger partial charge in [0.25, 0.3) is 0 Å². The summed E-state index contributed by atoms with van der Waals surface area (Å²) in [6.45, 7) is 0. The summed E-state index contributed by atoms with van der Waals surface area (Å²) in [5, 5.41) is 11.3. The van der Waals surface area contributed by atoms with Crippen molar-refractivity contribution in [2.45, 2.75) is 6.18 Å². The van der Waals surface area contributed by atoms with Gasteiger partial charge in [0.15, 0.2) is 0 Å². The van der Waals surface area contributed by atoms with Crippen LogP contribution in [-0.4, -0.2) is 4.98 Å². The van der Waals surface area contributed by atoms with E-state index in [1.54, 1.807) is 6.07 Å². The van der Waals surface area contributed by atoms with Crippen LogP contribution in [-0.2, 0) is 6.18 Å². The molecule has 1 heterocycles. The third-order valence-corrected chi connectivity index (χ3v) is 2.43. The minimum atomic E-state index is -4.64. The van der Waals surface area contributed by atoms with Crippen LogP contribution in [0.3, 0.4) is 0 Å². The van der Waals surface area contributed by atoms with Gasteiger partial charge in [0.2, 0.25) is 0 Å². The minimum Gasteiger partial charge on any atom is -0.337 e. The average Bonchev–Trinajstić information content (AvgIpc) is 2.40. The van der Waals surface area contributed by atoms with E-state index in [1.807, 2.05) is 0 Å². The molecule has 0 amide bonds. The van der Waals surface area contributed by atoms with E-state index in [9.17, 15) is 17.6 Å². The van der Waals surface area contributed by atoms with Crippen molar-refractivity contribution >= 4 is 11.5 Å². The Morgan fingerprint density at radius 2 is 1.80 bits per heavy atom. The molecule has 0 unspecified atom stereocenters. The molecule has 0 atom stereocenters. The van der Waals surface area contributed by atoms with Gasteiger partial charge >= 0.3 is 6.18 Å². The van der Waals surface area contributed by atoms with E-state index in [4.69, 9.17) is 5.26 Å². The molecule has 0 saturated heterocycles. The standard InChI is InChI=1S/C13H7F4N3/c14-9-3-1-2-4-10(9)19-12-8(7-18)5-6-11(20-12)13(15,16)17/h1-6H,(H,19,20). The Labute approximate surface area is 111 Å². The number of hydrogen-bond donors (Lipinski definition) is 1. The van der Waals surface area contributed by atoms with Gasteiger partial charge in [-0.25, -0.2) is 9.37 Å². The summed E-state index contributed by atoms with van der Waals surface area (Å²) in [7, 11) is 0. The summed E-state index contributed by atoms with van der Waals surface area (Å²) in [5.41, 5.74) is -1.33. The fourth-order valence-electron chi connectivity index (χ4n) is 1.49. The van der Waals surface area contributed by atoms with Crippen LogP contribution < -0.4 is 5.32 Å². The smallest absolute Gasteiger partial charge is 0.337 e. The Hall–Kier alpha value is -2.62. The van der Waals surface area contributed by atoms with Crippen molar-refractivity contribution in [3.05, 3.63) is 53.5 Å². The van der Waals surface area contributed by atoms with Gasteiger partial charge in [-0.3, -0.25) is 0 Å². The van der Waals surface area contributed by atoms with E-state index < -0.39 is 17.7 Å². The van der Waals surface area contributed by atoms with E-state index in [1.165, 1.54) is 18.2 Å². The van der Waals surface area contributed by atoms with Crippen LogP contribution in [0.1, 0.15) is 11.3 Å². The average molecular weight is 281 g/mol. The van der Waals surface area contributed by atoms with Crippen molar-refractivity contribution in [3.63, 3.8) is 0 Å². The lowest BCUT2D eigenvalue weighted by Gasteiger charge is -2.11. The van der Waals surface area contributed by atoms with Gasteiger partial charge in [-0.2, -0.15) is 18.4 Å². The molecule has 7 heteroatoms. The molecular formula is C13H7F4N3. The first-order chi connectivity index (χ1) is 9.41. The molecule has 1 aromatic heterocycles. The monoisotopic (exact) mass is 281 g/mol. The molecule has 3 nitrogen and oxygen atoms in total. The molecule has 2 rings (SSSR count). The molecule has 0 fully saturated rings. The van der Waals surface area contributed by atoms with Crippen LogP contribution in [0.15, 0.2) is 36.4 Å². The number of nitrogens with zero attached hydrogens (tertiary/aromatic N) is 2. The maximum absolute atomic E-state index is 13.5. The van der Waals surface area contributed by atoms with Crippen molar-refractivity contribution < 1.29 is 17.6 Å². The first-order valence-corrected chi connectivity index (χ1v) is 5.41. The van der Waals surface area contributed by atoms with E-state index in [0.29, 0.717) is 6.07 Å². The summed E-state index contributed by atoms with van der Waals surface area (Å²) in [5.74, 6) is -0.997. The maximum Gasteiger partial charge on any atom is 0.433 e. The highest BCUT2D eigenvalue weighted by Gasteiger charge is 2.33. The fourth-order valence-corrected chi connectivity index (χ4v) is 1.49. The largest absolute Gasteiger partial charge is 0.433 e. The van der Waals surface area contributed by atoms with Crippen molar-refractivity contribution in [2.75, 3.05) is 5.32 Å². The lowest BCUT2D eigenvalue weighted by atomic mass is 10.2. The number of nitrogens with one attached hydrogen (secondary N) is 1. The molecule has 1 N–H and O–H groups in total. The topological polar surface area (TPSA) is 48.7 Å². The number of pyridine rings is 1. The van der Waals surface area contributed by atoms with Gasteiger partial charge in [-0.15, -0.1) is 0 Å². The summed E-state index contributed by atoms with van der Waals surface area (Å²) in [4.78, 5) is 3.33. The van der Waals surface area contributed by atoms with Gasteiger partial charge in [0.1, 0.15) is 23.4 Å². The summed E-state index contributed by atoms with van der Waals surface area (Å²) in [6, 6.07) is 8.80. The molecular weight excluding hydrogens is 274 g/mol. The molecule has 0 aliphatic carbocycles. The highest BCUT2D eigenvalue weighted by molar-refractivity contribution is 5.63. The van der Waals surface area contributed by atoms with Crippen LogP contribution in [0.5, 0.6) is 0 Å². The number of alkyl halides is 3. The van der Waals surface area contributed by atoms with E-state index >= 15 is 0 Å². The van der Waals surface area contributed by atoms with E-state index in [0.717, 1.165) is 12.1 Å². The van der Waals surface area contributed by atoms with Gasteiger partial charge < -0.3 is 5.32 Å². The number of aromatic nitrogens is 1. The van der Waals surface area contributed by atoms with Gasteiger partial charge in [0, 0.05) is 0 Å². The zero-order valence-electron chi connectivity index (χ0n) is 9.87. The van der Waals surface area contributed by atoms with Gasteiger partial charge in [0.05, 0.1) is 11.3 Å². The number of halogens is 4. The Bertz CT molecular complexity index is 674. The second-order valence-corrected chi connectivity index (χ2v) is 3.81. The van der Waals surface area contributed by atoms with Crippen LogP contribution >= 0.6 is 0 Å².